The number of hydrogen-bond acceptors (Lipinski definition) is 1. The lowest BCUT2D eigenvalue weighted by atomic mass is 10.2. The highest BCUT2D eigenvalue weighted by Crippen LogP contribution is 2.21. The molecule has 0 atom stereocenters. The number of aromatic nitrogens is 1. The topological polar surface area (TPSA) is 46.1 Å². The number of aryl methyl sites for hydroxylation is 3. The predicted molar refractivity (Wildman–Crippen MR) is 107 cm³/mol. The molecule has 2 N–H and O–H groups in total. The largest absolute Gasteiger partial charge is 0.334 e. The third-order valence-electron chi connectivity index (χ3n) is 4.58. The highest BCUT2D eigenvalue weighted by atomic mass is 16.2. The number of nitrogens with zero attached hydrogens (tertiary/aromatic N) is 1. The summed E-state index contributed by atoms with van der Waals surface area (Å²) >= 11 is 0. The average molecular weight is 347 g/mol. The van der Waals surface area contributed by atoms with Gasteiger partial charge in [0.2, 0.25) is 0 Å². The quantitative estimate of drug-likeness (QED) is 0.683. The molecule has 4 nitrogen and oxygen atoms in total. The second-order valence-electron chi connectivity index (χ2n) is 6.74. The first-order valence-corrected chi connectivity index (χ1v) is 8.80. The van der Waals surface area contributed by atoms with Crippen molar-refractivity contribution in [1.82, 2.24) is 9.88 Å². The molecule has 3 aromatic rings. The molecule has 0 unspecified atom stereocenters. The number of carbonyl (C=O) groups excluding carboxylic acids is 1. The van der Waals surface area contributed by atoms with Crippen molar-refractivity contribution in [1.29, 1.82) is 0 Å². The number of rotatable bonds is 4. The third kappa shape index (κ3) is 3.97. The molecule has 134 valence electrons. The lowest BCUT2D eigenvalue weighted by molar-refractivity contribution is 0.251. The molecule has 0 radical (unpaired) electrons. The maximum Gasteiger partial charge on any atom is 0.319 e. The summed E-state index contributed by atoms with van der Waals surface area (Å²) in [6.07, 6.45) is 0. The summed E-state index contributed by atoms with van der Waals surface area (Å²) in [6.45, 7) is 8.77. The molecule has 0 aliphatic carbocycles. The van der Waals surface area contributed by atoms with Crippen LogP contribution in [0.25, 0.3) is 5.69 Å². The van der Waals surface area contributed by atoms with Gasteiger partial charge in [-0.3, -0.25) is 0 Å². The average Bonchev–Trinajstić information content (AvgIpc) is 2.90. The van der Waals surface area contributed by atoms with Crippen molar-refractivity contribution in [3.8, 4) is 5.69 Å². The maximum absolute atomic E-state index is 12.2. The van der Waals surface area contributed by atoms with E-state index >= 15 is 0 Å². The van der Waals surface area contributed by atoms with E-state index in [1.165, 1.54) is 11.1 Å². The summed E-state index contributed by atoms with van der Waals surface area (Å²) in [5, 5.41) is 5.80. The Bertz CT molecular complexity index is 906. The number of hydrogen-bond donors (Lipinski definition) is 2. The van der Waals surface area contributed by atoms with E-state index in [9.17, 15) is 4.79 Å². The Morgan fingerprint density at radius 1 is 0.885 bits per heavy atom. The third-order valence-corrected chi connectivity index (χ3v) is 4.58. The molecule has 2 amide bonds. The number of carbonyl (C=O) groups is 1. The van der Waals surface area contributed by atoms with Crippen LogP contribution in [0.2, 0.25) is 0 Å². The molecule has 2 aromatic carbocycles. The highest BCUT2D eigenvalue weighted by molar-refractivity contribution is 5.89. The molecule has 1 heterocycles. The first-order chi connectivity index (χ1) is 12.4. The maximum atomic E-state index is 12.2. The Kier molecular flexibility index (Phi) is 5.12. The Balaban J connectivity index is 1.68. The van der Waals surface area contributed by atoms with Gasteiger partial charge < -0.3 is 15.2 Å². The van der Waals surface area contributed by atoms with Gasteiger partial charge in [0.05, 0.1) is 0 Å². The van der Waals surface area contributed by atoms with E-state index in [0.717, 1.165) is 28.3 Å². The van der Waals surface area contributed by atoms with Crippen LogP contribution < -0.4 is 10.6 Å². The van der Waals surface area contributed by atoms with Crippen molar-refractivity contribution in [3.05, 3.63) is 82.7 Å². The van der Waals surface area contributed by atoms with Crippen LogP contribution in [0, 0.1) is 27.7 Å². The summed E-state index contributed by atoms with van der Waals surface area (Å²) in [6, 6.07) is 18.2. The van der Waals surface area contributed by atoms with Gasteiger partial charge in [-0.15, -0.1) is 0 Å². The smallest absolute Gasteiger partial charge is 0.319 e. The monoisotopic (exact) mass is 347 g/mol. The standard InChI is InChI=1S/C22H25N3O/c1-15-5-9-20(10-6-15)24-22(26)23-14-19-13-17(3)25(18(19)4)21-11-7-16(2)8-12-21/h5-13H,14H2,1-4H3,(H2,23,24,26). The first kappa shape index (κ1) is 17.8. The minimum atomic E-state index is -0.200. The van der Waals surface area contributed by atoms with Crippen molar-refractivity contribution in [2.24, 2.45) is 0 Å². The van der Waals surface area contributed by atoms with Crippen molar-refractivity contribution in [2.45, 2.75) is 34.2 Å². The second-order valence-corrected chi connectivity index (χ2v) is 6.74. The number of urea groups is 1. The van der Waals surface area contributed by atoms with E-state index in [1.807, 2.05) is 31.2 Å². The zero-order chi connectivity index (χ0) is 18.7. The fraction of sp³-hybridized carbons (Fsp3) is 0.227. The number of nitrogens with one attached hydrogen (secondary N) is 2. The van der Waals surface area contributed by atoms with Crippen LogP contribution in [0.1, 0.15) is 28.1 Å². The van der Waals surface area contributed by atoms with Gasteiger partial charge in [-0.05, 0) is 63.6 Å². The molecule has 0 spiro atoms. The molecular formula is C22H25N3O. The van der Waals surface area contributed by atoms with Crippen LogP contribution in [0.15, 0.2) is 54.6 Å². The van der Waals surface area contributed by atoms with E-state index in [4.69, 9.17) is 0 Å². The van der Waals surface area contributed by atoms with Crippen LogP contribution in [0.5, 0.6) is 0 Å². The normalized spacial score (nSPS) is 10.6. The fourth-order valence-corrected chi connectivity index (χ4v) is 3.09. The summed E-state index contributed by atoms with van der Waals surface area (Å²) in [5.41, 5.74) is 7.75. The molecule has 0 fully saturated rings. The molecule has 26 heavy (non-hydrogen) atoms. The van der Waals surface area contributed by atoms with Gasteiger partial charge in [-0.25, -0.2) is 4.79 Å². The van der Waals surface area contributed by atoms with Gasteiger partial charge in [0.15, 0.2) is 0 Å². The van der Waals surface area contributed by atoms with E-state index in [2.05, 4.69) is 66.3 Å². The lowest BCUT2D eigenvalue weighted by Crippen LogP contribution is -2.28. The van der Waals surface area contributed by atoms with Gasteiger partial charge in [-0.1, -0.05) is 35.4 Å². The van der Waals surface area contributed by atoms with E-state index < -0.39 is 0 Å². The number of anilines is 1. The number of benzene rings is 2. The van der Waals surface area contributed by atoms with Gasteiger partial charge >= 0.3 is 6.03 Å². The Morgan fingerprint density at radius 2 is 1.46 bits per heavy atom. The van der Waals surface area contributed by atoms with Gasteiger partial charge in [0, 0.05) is 29.3 Å². The van der Waals surface area contributed by atoms with Crippen LogP contribution >= 0.6 is 0 Å². The van der Waals surface area contributed by atoms with Crippen LogP contribution in [0.4, 0.5) is 10.5 Å². The zero-order valence-corrected chi connectivity index (χ0v) is 15.8. The van der Waals surface area contributed by atoms with E-state index in [1.54, 1.807) is 0 Å². The summed E-state index contributed by atoms with van der Waals surface area (Å²) in [5.74, 6) is 0. The molecule has 0 saturated carbocycles. The SMILES string of the molecule is Cc1ccc(NC(=O)NCc2cc(C)n(-c3ccc(C)cc3)c2C)cc1. The summed E-state index contributed by atoms with van der Waals surface area (Å²) in [4.78, 5) is 12.2. The molecule has 0 aliphatic rings. The first-order valence-electron chi connectivity index (χ1n) is 8.80. The van der Waals surface area contributed by atoms with Gasteiger partial charge in [0.25, 0.3) is 0 Å². The molecule has 3 rings (SSSR count). The van der Waals surface area contributed by atoms with Crippen LogP contribution in [0.3, 0.4) is 0 Å². The van der Waals surface area contributed by atoms with Crippen LogP contribution in [-0.4, -0.2) is 10.6 Å². The highest BCUT2D eigenvalue weighted by Gasteiger charge is 2.11. The molecule has 4 heteroatoms. The minimum absolute atomic E-state index is 0.200. The van der Waals surface area contributed by atoms with Crippen molar-refractivity contribution in [3.63, 3.8) is 0 Å². The van der Waals surface area contributed by atoms with Crippen molar-refractivity contribution < 1.29 is 4.79 Å². The molecule has 0 bridgehead atoms. The minimum Gasteiger partial charge on any atom is -0.334 e. The van der Waals surface area contributed by atoms with Crippen LogP contribution in [-0.2, 0) is 6.54 Å². The Hall–Kier alpha value is -3.01. The second kappa shape index (κ2) is 7.48. The van der Waals surface area contributed by atoms with Crippen molar-refractivity contribution in [2.75, 3.05) is 5.32 Å². The predicted octanol–water partition coefficient (Wildman–Crippen LogP) is 5.03. The molecule has 0 saturated heterocycles. The summed E-state index contributed by atoms with van der Waals surface area (Å²) in [7, 11) is 0. The van der Waals surface area contributed by atoms with Crippen molar-refractivity contribution >= 4 is 11.7 Å². The molecule has 1 aromatic heterocycles. The zero-order valence-electron chi connectivity index (χ0n) is 15.8. The Morgan fingerprint density at radius 3 is 2.08 bits per heavy atom. The van der Waals surface area contributed by atoms with Gasteiger partial charge in [-0.2, -0.15) is 0 Å². The van der Waals surface area contributed by atoms with E-state index in [-0.39, 0.29) is 6.03 Å². The number of amides is 2. The molecule has 0 aliphatic heterocycles. The van der Waals surface area contributed by atoms with Gasteiger partial charge in [0.1, 0.15) is 0 Å². The Labute approximate surface area is 154 Å². The summed E-state index contributed by atoms with van der Waals surface area (Å²) < 4.78 is 2.22. The fourth-order valence-electron chi connectivity index (χ4n) is 3.09. The van der Waals surface area contributed by atoms with E-state index in [0.29, 0.717) is 6.54 Å². The lowest BCUT2D eigenvalue weighted by Gasteiger charge is -2.11. The molecular weight excluding hydrogens is 322 g/mol.